The third-order valence-corrected chi connectivity index (χ3v) is 2.50. The van der Waals surface area contributed by atoms with E-state index in [4.69, 9.17) is 4.74 Å². The summed E-state index contributed by atoms with van der Waals surface area (Å²) >= 11 is 0. The lowest BCUT2D eigenvalue weighted by Crippen LogP contribution is -2.42. The third kappa shape index (κ3) is 3.04. The Labute approximate surface area is 98.9 Å². The van der Waals surface area contributed by atoms with Gasteiger partial charge in [0.2, 0.25) is 0 Å². The summed E-state index contributed by atoms with van der Waals surface area (Å²) in [6.45, 7) is 0.848. The first-order chi connectivity index (χ1) is 8.17. The number of cyclic esters (lactones) is 2. The van der Waals surface area contributed by atoms with E-state index in [9.17, 15) is 9.59 Å². The summed E-state index contributed by atoms with van der Waals surface area (Å²) in [7, 11) is 1.61. The molecule has 0 atom stereocenters. The first kappa shape index (κ1) is 11.6. The SMILES string of the molecule is COc1ccc(CN2CC(=O)OC(=O)C2)cc1. The minimum Gasteiger partial charge on any atom is -0.497 e. The molecule has 0 bridgehead atoms. The molecule has 5 heteroatoms. The van der Waals surface area contributed by atoms with Crippen LogP contribution in [-0.2, 0) is 20.9 Å². The molecule has 0 saturated carbocycles. The number of benzene rings is 1. The van der Waals surface area contributed by atoms with Crippen molar-refractivity contribution in [1.82, 2.24) is 4.90 Å². The fourth-order valence-electron chi connectivity index (χ4n) is 1.71. The topological polar surface area (TPSA) is 55.8 Å². The summed E-state index contributed by atoms with van der Waals surface area (Å²) in [5.74, 6) is -0.201. The maximum Gasteiger partial charge on any atom is 0.327 e. The van der Waals surface area contributed by atoms with Crippen molar-refractivity contribution in [2.75, 3.05) is 20.2 Å². The molecule has 1 saturated heterocycles. The van der Waals surface area contributed by atoms with E-state index in [0.717, 1.165) is 11.3 Å². The van der Waals surface area contributed by atoms with Crippen LogP contribution >= 0.6 is 0 Å². The predicted molar refractivity (Wildman–Crippen MR) is 59.4 cm³/mol. The van der Waals surface area contributed by atoms with Gasteiger partial charge in [0.25, 0.3) is 0 Å². The Morgan fingerprint density at radius 3 is 2.29 bits per heavy atom. The van der Waals surface area contributed by atoms with Crippen molar-refractivity contribution in [1.29, 1.82) is 0 Å². The van der Waals surface area contributed by atoms with Gasteiger partial charge in [0, 0.05) is 6.54 Å². The van der Waals surface area contributed by atoms with Gasteiger partial charge >= 0.3 is 11.9 Å². The molecule has 0 unspecified atom stereocenters. The molecule has 0 aromatic heterocycles. The molecule has 1 aromatic rings. The molecule has 2 rings (SSSR count). The van der Waals surface area contributed by atoms with E-state index in [1.54, 1.807) is 12.0 Å². The van der Waals surface area contributed by atoms with Crippen LogP contribution in [0.3, 0.4) is 0 Å². The number of hydrogen-bond donors (Lipinski definition) is 0. The molecule has 1 aromatic carbocycles. The highest BCUT2D eigenvalue weighted by atomic mass is 16.6. The lowest BCUT2D eigenvalue weighted by Gasteiger charge is -2.24. The fraction of sp³-hybridized carbons (Fsp3) is 0.333. The Kier molecular flexibility index (Phi) is 3.39. The number of hydrogen-bond acceptors (Lipinski definition) is 5. The van der Waals surface area contributed by atoms with Crippen molar-refractivity contribution >= 4 is 11.9 Å². The van der Waals surface area contributed by atoms with E-state index in [0.29, 0.717) is 6.54 Å². The van der Waals surface area contributed by atoms with Crippen molar-refractivity contribution < 1.29 is 19.1 Å². The van der Waals surface area contributed by atoms with Gasteiger partial charge < -0.3 is 9.47 Å². The van der Waals surface area contributed by atoms with Gasteiger partial charge in [0.1, 0.15) is 5.75 Å². The number of carbonyl (C=O) groups excluding carboxylic acids is 2. The van der Waals surface area contributed by atoms with Crippen LogP contribution < -0.4 is 4.74 Å². The van der Waals surface area contributed by atoms with Crippen LogP contribution in [0.5, 0.6) is 5.75 Å². The highest BCUT2D eigenvalue weighted by Crippen LogP contribution is 2.13. The maximum atomic E-state index is 11.1. The zero-order chi connectivity index (χ0) is 12.3. The van der Waals surface area contributed by atoms with Crippen molar-refractivity contribution in [3.8, 4) is 5.75 Å². The summed E-state index contributed by atoms with van der Waals surface area (Å²) in [5.41, 5.74) is 1.02. The van der Waals surface area contributed by atoms with E-state index in [-0.39, 0.29) is 13.1 Å². The normalized spacial score (nSPS) is 16.8. The smallest absolute Gasteiger partial charge is 0.327 e. The van der Waals surface area contributed by atoms with E-state index >= 15 is 0 Å². The highest BCUT2D eigenvalue weighted by Gasteiger charge is 2.24. The standard InChI is InChI=1S/C12H13NO4/c1-16-10-4-2-9(3-5-10)6-13-7-11(14)17-12(15)8-13/h2-5H,6-8H2,1H3. The Morgan fingerprint density at radius 2 is 1.76 bits per heavy atom. The lowest BCUT2D eigenvalue weighted by molar-refractivity contribution is -0.167. The second kappa shape index (κ2) is 4.97. The molecule has 90 valence electrons. The van der Waals surface area contributed by atoms with Gasteiger partial charge in [-0.2, -0.15) is 0 Å². The van der Waals surface area contributed by atoms with Gasteiger partial charge in [-0.05, 0) is 17.7 Å². The Balaban J connectivity index is 1.99. The number of nitrogens with zero attached hydrogens (tertiary/aromatic N) is 1. The number of rotatable bonds is 3. The molecule has 1 aliphatic rings. The van der Waals surface area contributed by atoms with Gasteiger partial charge in [0.05, 0.1) is 20.2 Å². The van der Waals surface area contributed by atoms with Crippen LogP contribution in [0.1, 0.15) is 5.56 Å². The first-order valence-electron chi connectivity index (χ1n) is 5.26. The largest absolute Gasteiger partial charge is 0.497 e. The zero-order valence-corrected chi connectivity index (χ0v) is 9.51. The minimum absolute atomic E-state index is 0.151. The molecular weight excluding hydrogens is 222 g/mol. The predicted octanol–water partition coefficient (Wildman–Crippen LogP) is 0.581. The van der Waals surface area contributed by atoms with Gasteiger partial charge in [-0.1, -0.05) is 12.1 Å². The average molecular weight is 235 g/mol. The van der Waals surface area contributed by atoms with E-state index in [2.05, 4.69) is 4.74 Å². The lowest BCUT2D eigenvalue weighted by atomic mass is 10.2. The van der Waals surface area contributed by atoms with Crippen molar-refractivity contribution in [2.45, 2.75) is 6.54 Å². The summed E-state index contributed by atoms with van der Waals surface area (Å²) in [6.07, 6.45) is 0. The molecule has 1 heterocycles. The number of morpholine rings is 1. The Hall–Kier alpha value is -1.88. The molecule has 17 heavy (non-hydrogen) atoms. The molecule has 0 N–H and O–H groups in total. The van der Waals surface area contributed by atoms with Gasteiger partial charge in [-0.15, -0.1) is 0 Å². The van der Waals surface area contributed by atoms with Crippen LogP contribution in [0.15, 0.2) is 24.3 Å². The molecule has 0 radical (unpaired) electrons. The monoisotopic (exact) mass is 235 g/mol. The zero-order valence-electron chi connectivity index (χ0n) is 9.51. The molecule has 1 aliphatic heterocycles. The molecule has 5 nitrogen and oxygen atoms in total. The second-order valence-corrected chi connectivity index (χ2v) is 3.84. The maximum absolute atomic E-state index is 11.1. The molecule has 1 fully saturated rings. The number of carbonyl (C=O) groups is 2. The van der Waals surface area contributed by atoms with Crippen LogP contribution in [0.2, 0.25) is 0 Å². The van der Waals surface area contributed by atoms with Gasteiger partial charge in [-0.3, -0.25) is 14.5 Å². The summed E-state index contributed by atoms with van der Waals surface area (Å²) in [6, 6.07) is 7.51. The Morgan fingerprint density at radius 1 is 1.18 bits per heavy atom. The summed E-state index contributed by atoms with van der Waals surface area (Å²) in [4.78, 5) is 23.9. The van der Waals surface area contributed by atoms with Crippen LogP contribution in [-0.4, -0.2) is 37.0 Å². The number of esters is 2. The number of methoxy groups -OCH3 is 1. The molecule has 0 aliphatic carbocycles. The second-order valence-electron chi connectivity index (χ2n) is 3.84. The van der Waals surface area contributed by atoms with Crippen molar-refractivity contribution in [3.05, 3.63) is 29.8 Å². The van der Waals surface area contributed by atoms with Crippen LogP contribution in [0.4, 0.5) is 0 Å². The van der Waals surface area contributed by atoms with Crippen LogP contribution in [0.25, 0.3) is 0 Å². The number of ether oxygens (including phenoxy) is 2. The van der Waals surface area contributed by atoms with E-state index in [1.807, 2.05) is 24.3 Å². The summed E-state index contributed by atoms with van der Waals surface area (Å²) in [5, 5.41) is 0. The molecular formula is C12H13NO4. The van der Waals surface area contributed by atoms with Gasteiger partial charge in [-0.25, -0.2) is 0 Å². The quantitative estimate of drug-likeness (QED) is 0.566. The fourth-order valence-corrected chi connectivity index (χ4v) is 1.71. The van der Waals surface area contributed by atoms with Gasteiger partial charge in [0.15, 0.2) is 0 Å². The third-order valence-electron chi connectivity index (χ3n) is 2.50. The first-order valence-corrected chi connectivity index (χ1v) is 5.26. The van der Waals surface area contributed by atoms with E-state index < -0.39 is 11.9 Å². The van der Waals surface area contributed by atoms with E-state index in [1.165, 1.54) is 0 Å². The average Bonchev–Trinajstić information content (AvgIpc) is 2.28. The molecule has 0 spiro atoms. The minimum atomic E-state index is -0.491. The highest BCUT2D eigenvalue weighted by molar-refractivity contribution is 5.90. The Bertz CT molecular complexity index is 411. The van der Waals surface area contributed by atoms with Crippen LogP contribution in [0, 0.1) is 0 Å². The summed E-state index contributed by atoms with van der Waals surface area (Å²) < 4.78 is 9.50. The van der Waals surface area contributed by atoms with Crippen molar-refractivity contribution in [2.24, 2.45) is 0 Å². The molecule has 0 amide bonds. The van der Waals surface area contributed by atoms with Crippen molar-refractivity contribution in [3.63, 3.8) is 0 Å².